The Balaban J connectivity index is 1.73. The minimum Gasteiger partial charge on any atom is -0.467 e. The van der Waals surface area contributed by atoms with Crippen LogP contribution in [-0.4, -0.2) is 30.9 Å². The molecule has 0 saturated carbocycles. The smallest absolute Gasteiger partial charge is 0.328 e. The van der Waals surface area contributed by atoms with Gasteiger partial charge in [0, 0.05) is 13.3 Å². The van der Waals surface area contributed by atoms with Gasteiger partial charge in [0.15, 0.2) is 0 Å². The average molecular weight is 440 g/mol. The fourth-order valence-electron chi connectivity index (χ4n) is 4.08. The Morgan fingerprint density at radius 3 is 2.03 bits per heavy atom. The number of para-hydroxylation sites is 1. The number of carbonyl (C=O) groups excluding carboxylic acids is 3. The van der Waals surface area contributed by atoms with E-state index in [0.717, 1.165) is 27.1 Å². The summed E-state index contributed by atoms with van der Waals surface area (Å²) in [6, 6.07) is 23.8. The van der Waals surface area contributed by atoms with Crippen molar-refractivity contribution in [1.29, 1.82) is 0 Å². The number of fused-ring (bicyclic) bond motifs is 2. The number of esters is 1. The van der Waals surface area contributed by atoms with Gasteiger partial charge < -0.3 is 15.4 Å². The van der Waals surface area contributed by atoms with Crippen LogP contribution in [0.3, 0.4) is 0 Å². The molecule has 0 fully saturated rings. The zero-order valence-corrected chi connectivity index (χ0v) is 18.4. The van der Waals surface area contributed by atoms with Gasteiger partial charge in [-0.2, -0.15) is 0 Å². The third kappa shape index (κ3) is 4.70. The first-order valence-electron chi connectivity index (χ1n) is 10.6. The van der Waals surface area contributed by atoms with Crippen molar-refractivity contribution in [3.63, 3.8) is 0 Å². The SMILES string of the molecule is COC(=O)[C@@H](Cc1c2ccccc2cc2ccccc12)NC(=O)c1ccccc1NC(C)=O. The van der Waals surface area contributed by atoms with Crippen LogP contribution >= 0.6 is 0 Å². The van der Waals surface area contributed by atoms with Gasteiger partial charge in [0.2, 0.25) is 5.91 Å². The standard InChI is InChI=1S/C27H24N2O4/c1-17(30)28-24-14-8-7-13-22(24)26(31)29-25(27(32)33-2)16-23-20-11-5-3-9-18(20)15-19-10-4-6-12-21(19)23/h3-15,25H,16H2,1-2H3,(H,28,30)(H,29,31)/t25-/m1/s1. The normalized spacial score (nSPS) is 11.7. The van der Waals surface area contributed by atoms with E-state index in [1.165, 1.54) is 14.0 Å². The van der Waals surface area contributed by atoms with Gasteiger partial charge in [-0.25, -0.2) is 4.79 Å². The predicted molar refractivity (Wildman–Crippen MR) is 129 cm³/mol. The van der Waals surface area contributed by atoms with Gasteiger partial charge in [-0.05, 0) is 45.3 Å². The van der Waals surface area contributed by atoms with Crippen LogP contribution in [0.2, 0.25) is 0 Å². The van der Waals surface area contributed by atoms with Crippen LogP contribution in [-0.2, 0) is 20.7 Å². The number of methoxy groups -OCH3 is 1. The van der Waals surface area contributed by atoms with Crippen LogP contribution in [0.15, 0.2) is 78.9 Å². The molecule has 0 aromatic heterocycles. The molecule has 0 aliphatic heterocycles. The molecule has 0 radical (unpaired) electrons. The molecule has 1 atom stereocenters. The van der Waals surface area contributed by atoms with Crippen LogP contribution in [0.5, 0.6) is 0 Å². The fraction of sp³-hybridized carbons (Fsp3) is 0.148. The summed E-state index contributed by atoms with van der Waals surface area (Å²) >= 11 is 0. The average Bonchev–Trinajstić information content (AvgIpc) is 2.82. The molecule has 6 nitrogen and oxygen atoms in total. The van der Waals surface area contributed by atoms with Crippen LogP contribution < -0.4 is 10.6 Å². The number of ether oxygens (including phenoxy) is 1. The van der Waals surface area contributed by atoms with E-state index in [1.807, 2.05) is 48.5 Å². The molecule has 4 rings (SSSR count). The zero-order valence-electron chi connectivity index (χ0n) is 18.4. The monoisotopic (exact) mass is 440 g/mol. The molecule has 0 heterocycles. The molecule has 2 N–H and O–H groups in total. The Morgan fingerprint density at radius 2 is 1.42 bits per heavy atom. The third-order valence-electron chi connectivity index (χ3n) is 5.56. The molecule has 0 bridgehead atoms. The molecule has 0 aliphatic rings. The fourth-order valence-corrected chi connectivity index (χ4v) is 4.08. The lowest BCUT2D eigenvalue weighted by molar-refractivity contribution is -0.142. The second kappa shape index (κ2) is 9.53. The van der Waals surface area contributed by atoms with E-state index in [2.05, 4.69) is 16.7 Å². The second-order valence-corrected chi connectivity index (χ2v) is 7.78. The Hall–Kier alpha value is -4.19. The molecule has 33 heavy (non-hydrogen) atoms. The molecule has 0 spiro atoms. The summed E-state index contributed by atoms with van der Waals surface area (Å²) < 4.78 is 5.02. The van der Waals surface area contributed by atoms with Crippen molar-refractivity contribution in [3.05, 3.63) is 90.0 Å². The van der Waals surface area contributed by atoms with Gasteiger partial charge in [-0.15, -0.1) is 0 Å². The molecular formula is C27H24N2O4. The number of benzene rings is 4. The molecular weight excluding hydrogens is 416 g/mol. The van der Waals surface area contributed by atoms with Crippen molar-refractivity contribution < 1.29 is 19.1 Å². The first-order chi connectivity index (χ1) is 16.0. The molecule has 0 aliphatic carbocycles. The molecule has 0 unspecified atom stereocenters. The summed E-state index contributed by atoms with van der Waals surface area (Å²) in [5.41, 5.74) is 1.60. The highest BCUT2D eigenvalue weighted by Crippen LogP contribution is 2.29. The lowest BCUT2D eigenvalue weighted by Gasteiger charge is -2.20. The number of nitrogens with one attached hydrogen (secondary N) is 2. The lowest BCUT2D eigenvalue weighted by atomic mass is 9.92. The third-order valence-corrected chi connectivity index (χ3v) is 5.56. The summed E-state index contributed by atoms with van der Waals surface area (Å²) in [7, 11) is 1.30. The lowest BCUT2D eigenvalue weighted by Crippen LogP contribution is -2.43. The van der Waals surface area contributed by atoms with Crippen LogP contribution in [0.1, 0.15) is 22.8 Å². The number of anilines is 1. The molecule has 6 heteroatoms. The number of hydrogen-bond acceptors (Lipinski definition) is 4. The minimum atomic E-state index is -0.915. The Morgan fingerprint density at radius 1 is 0.848 bits per heavy atom. The number of hydrogen-bond donors (Lipinski definition) is 2. The zero-order chi connectivity index (χ0) is 23.4. The van der Waals surface area contributed by atoms with Crippen molar-refractivity contribution in [2.24, 2.45) is 0 Å². The Kier molecular flexibility index (Phi) is 6.36. The molecule has 4 aromatic rings. The number of amides is 2. The van der Waals surface area contributed by atoms with Crippen molar-refractivity contribution in [3.8, 4) is 0 Å². The van der Waals surface area contributed by atoms with Gasteiger partial charge in [0.25, 0.3) is 5.91 Å². The van der Waals surface area contributed by atoms with E-state index in [9.17, 15) is 14.4 Å². The Labute approximate surface area is 191 Å². The van der Waals surface area contributed by atoms with E-state index in [1.54, 1.807) is 24.3 Å². The maximum Gasteiger partial charge on any atom is 0.328 e. The minimum absolute atomic E-state index is 0.253. The highest BCUT2D eigenvalue weighted by molar-refractivity contribution is 6.05. The van der Waals surface area contributed by atoms with E-state index in [4.69, 9.17) is 4.74 Å². The van der Waals surface area contributed by atoms with Crippen molar-refractivity contribution in [2.75, 3.05) is 12.4 Å². The molecule has 4 aromatic carbocycles. The number of rotatable bonds is 6. The maximum absolute atomic E-state index is 13.1. The first kappa shape index (κ1) is 22.0. The van der Waals surface area contributed by atoms with Crippen molar-refractivity contribution in [1.82, 2.24) is 5.32 Å². The van der Waals surface area contributed by atoms with Gasteiger partial charge in [0.05, 0.1) is 18.4 Å². The molecule has 2 amide bonds. The van der Waals surface area contributed by atoms with E-state index >= 15 is 0 Å². The van der Waals surface area contributed by atoms with Crippen LogP contribution in [0.4, 0.5) is 5.69 Å². The summed E-state index contributed by atoms with van der Waals surface area (Å²) in [6.45, 7) is 1.37. The Bertz CT molecular complexity index is 1310. The highest BCUT2D eigenvalue weighted by atomic mass is 16.5. The van der Waals surface area contributed by atoms with Gasteiger partial charge in [-0.1, -0.05) is 60.7 Å². The van der Waals surface area contributed by atoms with Crippen LogP contribution in [0.25, 0.3) is 21.5 Å². The van der Waals surface area contributed by atoms with E-state index < -0.39 is 17.9 Å². The number of carbonyl (C=O) groups is 3. The van der Waals surface area contributed by atoms with Gasteiger partial charge in [-0.3, -0.25) is 9.59 Å². The van der Waals surface area contributed by atoms with Crippen molar-refractivity contribution >= 4 is 45.0 Å². The highest BCUT2D eigenvalue weighted by Gasteiger charge is 2.25. The summed E-state index contributed by atoms with van der Waals surface area (Å²) in [4.78, 5) is 37.4. The predicted octanol–water partition coefficient (Wildman–Crippen LogP) is 4.47. The van der Waals surface area contributed by atoms with Crippen molar-refractivity contribution in [2.45, 2.75) is 19.4 Å². The summed E-state index contributed by atoms with van der Waals surface area (Å²) in [6.07, 6.45) is 0.253. The maximum atomic E-state index is 13.1. The first-order valence-corrected chi connectivity index (χ1v) is 10.6. The summed E-state index contributed by atoms with van der Waals surface area (Å²) in [5, 5.41) is 9.59. The largest absolute Gasteiger partial charge is 0.467 e. The van der Waals surface area contributed by atoms with E-state index in [-0.39, 0.29) is 17.9 Å². The van der Waals surface area contributed by atoms with E-state index in [0.29, 0.717) is 5.69 Å². The van der Waals surface area contributed by atoms with Gasteiger partial charge >= 0.3 is 5.97 Å². The van der Waals surface area contributed by atoms with Crippen LogP contribution in [0, 0.1) is 0 Å². The second-order valence-electron chi connectivity index (χ2n) is 7.78. The van der Waals surface area contributed by atoms with Gasteiger partial charge in [0.1, 0.15) is 6.04 Å². The topological polar surface area (TPSA) is 84.5 Å². The quantitative estimate of drug-likeness (QED) is 0.342. The molecule has 166 valence electrons. The molecule has 0 saturated heterocycles. The summed E-state index contributed by atoms with van der Waals surface area (Å²) in [5.74, 6) is -1.31.